The van der Waals surface area contributed by atoms with Gasteiger partial charge < -0.3 is 9.64 Å². The maximum absolute atomic E-state index is 12.8. The molecule has 0 aliphatic carbocycles. The Kier molecular flexibility index (Phi) is 6.69. The van der Waals surface area contributed by atoms with Gasteiger partial charge in [0.1, 0.15) is 17.7 Å². The van der Waals surface area contributed by atoms with Gasteiger partial charge in [0.25, 0.3) is 0 Å². The number of aromatic nitrogens is 2. The number of rotatable bonds is 7. The lowest BCUT2D eigenvalue weighted by Crippen LogP contribution is -2.44. The Bertz CT molecular complexity index is 1050. The Morgan fingerprint density at radius 3 is 2.81 bits per heavy atom. The van der Waals surface area contributed by atoms with Crippen molar-refractivity contribution >= 4 is 28.3 Å². The summed E-state index contributed by atoms with van der Waals surface area (Å²) >= 11 is 1.32. The van der Waals surface area contributed by atoms with Crippen LogP contribution in [0.2, 0.25) is 0 Å². The number of carbonyl (C=O) groups is 2. The quantitative estimate of drug-likeness (QED) is 0.611. The number of benzene rings is 2. The average molecular weight is 437 g/mol. The Balaban J connectivity index is 1.33. The highest BCUT2D eigenvalue weighted by Gasteiger charge is 2.34. The Morgan fingerprint density at radius 1 is 1.16 bits per heavy atom. The van der Waals surface area contributed by atoms with Crippen LogP contribution in [0.4, 0.5) is 5.13 Å². The molecular weight excluding hydrogens is 412 g/mol. The minimum absolute atomic E-state index is 0.0466. The number of anilines is 1. The summed E-state index contributed by atoms with van der Waals surface area (Å²) in [5.74, 6) is -0.410. The van der Waals surface area contributed by atoms with Crippen LogP contribution in [0, 0.1) is 6.92 Å². The highest BCUT2D eigenvalue weighted by Crippen LogP contribution is 2.27. The number of hydrogen-bond acceptors (Lipinski definition) is 6. The van der Waals surface area contributed by atoms with Crippen LogP contribution in [0.25, 0.3) is 10.6 Å². The molecule has 2 heterocycles. The van der Waals surface area contributed by atoms with Crippen molar-refractivity contribution in [2.75, 3.05) is 18.5 Å². The SMILES string of the molecule is Cc1cccc(-c2nnc(NC(=O)C3CCCN3C(=O)COCc3ccccc3)s2)c1. The van der Waals surface area contributed by atoms with E-state index in [9.17, 15) is 9.59 Å². The van der Waals surface area contributed by atoms with Crippen molar-refractivity contribution in [1.29, 1.82) is 0 Å². The van der Waals surface area contributed by atoms with Gasteiger partial charge in [-0.3, -0.25) is 14.9 Å². The lowest BCUT2D eigenvalue weighted by Gasteiger charge is -2.23. The molecule has 1 aromatic heterocycles. The van der Waals surface area contributed by atoms with E-state index in [0.29, 0.717) is 24.7 Å². The van der Waals surface area contributed by atoms with E-state index in [1.807, 2.05) is 61.5 Å². The normalized spacial score (nSPS) is 15.8. The number of amides is 2. The Labute approximate surface area is 185 Å². The summed E-state index contributed by atoms with van der Waals surface area (Å²) in [6.07, 6.45) is 1.41. The molecule has 1 aliphatic rings. The molecule has 31 heavy (non-hydrogen) atoms. The van der Waals surface area contributed by atoms with Crippen LogP contribution in [0.1, 0.15) is 24.0 Å². The zero-order valence-corrected chi connectivity index (χ0v) is 18.1. The first-order valence-corrected chi connectivity index (χ1v) is 11.0. The number of nitrogens with one attached hydrogen (secondary N) is 1. The summed E-state index contributed by atoms with van der Waals surface area (Å²) in [5.41, 5.74) is 3.10. The summed E-state index contributed by atoms with van der Waals surface area (Å²) in [6.45, 7) is 2.89. The molecule has 2 aromatic carbocycles. The third-order valence-corrected chi connectivity index (χ3v) is 6.02. The summed E-state index contributed by atoms with van der Waals surface area (Å²) in [4.78, 5) is 27.0. The zero-order valence-electron chi connectivity index (χ0n) is 17.3. The lowest BCUT2D eigenvalue weighted by atomic mass is 10.1. The van der Waals surface area contributed by atoms with Gasteiger partial charge in [0, 0.05) is 12.1 Å². The highest BCUT2D eigenvalue weighted by atomic mass is 32.1. The molecule has 1 atom stereocenters. The van der Waals surface area contributed by atoms with E-state index in [1.165, 1.54) is 11.3 Å². The molecule has 2 amide bonds. The van der Waals surface area contributed by atoms with Crippen LogP contribution in [-0.4, -0.2) is 46.1 Å². The molecule has 3 aromatic rings. The van der Waals surface area contributed by atoms with E-state index in [1.54, 1.807) is 4.90 Å². The van der Waals surface area contributed by atoms with Crippen molar-refractivity contribution in [2.24, 2.45) is 0 Å². The third kappa shape index (κ3) is 5.34. The molecule has 160 valence electrons. The fourth-order valence-corrected chi connectivity index (χ4v) is 4.35. The zero-order chi connectivity index (χ0) is 21.6. The molecule has 0 bridgehead atoms. The van der Waals surface area contributed by atoms with Gasteiger partial charge >= 0.3 is 0 Å². The van der Waals surface area contributed by atoms with Crippen molar-refractivity contribution in [3.8, 4) is 10.6 Å². The van der Waals surface area contributed by atoms with E-state index in [4.69, 9.17) is 4.74 Å². The molecule has 1 aliphatic heterocycles. The van der Waals surface area contributed by atoms with Gasteiger partial charge in [-0.25, -0.2) is 0 Å². The van der Waals surface area contributed by atoms with Crippen molar-refractivity contribution in [3.05, 3.63) is 65.7 Å². The number of aryl methyl sites for hydroxylation is 1. The molecule has 4 rings (SSSR count). The monoisotopic (exact) mass is 436 g/mol. The second-order valence-electron chi connectivity index (χ2n) is 7.49. The van der Waals surface area contributed by atoms with Gasteiger partial charge in [-0.15, -0.1) is 10.2 Å². The Hall–Kier alpha value is -3.10. The van der Waals surface area contributed by atoms with E-state index in [2.05, 4.69) is 15.5 Å². The molecular formula is C23H24N4O3S. The highest BCUT2D eigenvalue weighted by molar-refractivity contribution is 7.18. The number of hydrogen-bond donors (Lipinski definition) is 1. The predicted molar refractivity (Wildman–Crippen MR) is 120 cm³/mol. The molecule has 7 nitrogen and oxygen atoms in total. The molecule has 1 saturated heterocycles. The number of nitrogens with zero attached hydrogens (tertiary/aromatic N) is 3. The van der Waals surface area contributed by atoms with E-state index in [0.717, 1.165) is 28.1 Å². The van der Waals surface area contributed by atoms with Crippen LogP contribution in [0.3, 0.4) is 0 Å². The van der Waals surface area contributed by atoms with Crippen LogP contribution in [-0.2, 0) is 20.9 Å². The van der Waals surface area contributed by atoms with Crippen LogP contribution in [0.5, 0.6) is 0 Å². The van der Waals surface area contributed by atoms with E-state index < -0.39 is 6.04 Å². The predicted octanol–water partition coefficient (Wildman–Crippen LogP) is 3.66. The van der Waals surface area contributed by atoms with Crippen LogP contribution >= 0.6 is 11.3 Å². The van der Waals surface area contributed by atoms with Crippen molar-refractivity contribution in [1.82, 2.24) is 15.1 Å². The minimum atomic E-state index is -0.515. The van der Waals surface area contributed by atoms with Crippen LogP contribution < -0.4 is 5.32 Å². The average Bonchev–Trinajstić information content (AvgIpc) is 3.44. The van der Waals surface area contributed by atoms with Gasteiger partial charge in [0.05, 0.1) is 6.61 Å². The second kappa shape index (κ2) is 9.80. The molecule has 0 saturated carbocycles. The van der Waals surface area contributed by atoms with Crippen LogP contribution in [0.15, 0.2) is 54.6 Å². The first-order chi connectivity index (χ1) is 15.1. The van der Waals surface area contributed by atoms with E-state index >= 15 is 0 Å². The fourth-order valence-electron chi connectivity index (χ4n) is 3.61. The molecule has 1 unspecified atom stereocenters. The molecule has 1 N–H and O–H groups in total. The lowest BCUT2D eigenvalue weighted by molar-refractivity contribution is -0.140. The summed E-state index contributed by atoms with van der Waals surface area (Å²) < 4.78 is 5.56. The maximum Gasteiger partial charge on any atom is 0.249 e. The largest absolute Gasteiger partial charge is 0.367 e. The first kappa shape index (κ1) is 21.1. The molecule has 8 heteroatoms. The standard InChI is InChI=1S/C23H24N4O3S/c1-16-7-5-10-18(13-16)22-25-26-23(31-22)24-21(29)19-11-6-12-27(19)20(28)15-30-14-17-8-3-2-4-9-17/h2-5,7-10,13,19H,6,11-12,14-15H2,1H3,(H,24,26,29). The Morgan fingerprint density at radius 2 is 2.00 bits per heavy atom. The molecule has 0 spiro atoms. The summed E-state index contributed by atoms with van der Waals surface area (Å²) in [6, 6.07) is 17.1. The van der Waals surface area contributed by atoms with Gasteiger partial charge in [0.15, 0.2) is 0 Å². The summed E-state index contributed by atoms with van der Waals surface area (Å²) in [7, 11) is 0. The van der Waals surface area contributed by atoms with Gasteiger partial charge in [0.2, 0.25) is 16.9 Å². The summed E-state index contributed by atoms with van der Waals surface area (Å²) in [5, 5.41) is 12.3. The maximum atomic E-state index is 12.8. The van der Waals surface area contributed by atoms with Crippen molar-refractivity contribution in [2.45, 2.75) is 32.4 Å². The number of ether oxygens (including phenoxy) is 1. The fraction of sp³-hybridized carbons (Fsp3) is 0.304. The van der Waals surface area contributed by atoms with Gasteiger partial charge in [-0.2, -0.15) is 0 Å². The topological polar surface area (TPSA) is 84.4 Å². The van der Waals surface area contributed by atoms with E-state index in [-0.39, 0.29) is 18.4 Å². The smallest absolute Gasteiger partial charge is 0.249 e. The van der Waals surface area contributed by atoms with Crippen molar-refractivity contribution < 1.29 is 14.3 Å². The number of carbonyl (C=O) groups excluding carboxylic acids is 2. The second-order valence-corrected chi connectivity index (χ2v) is 8.47. The molecule has 0 radical (unpaired) electrons. The third-order valence-electron chi connectivity index (χ3n) is 5.13. The van der Waals surface area contributed by atoms with Gasteiger partial charge in [-0.1, -0.05) is 65.4 Å². The molecule has 1 fully saturated rings. The van der Waals surface area contributed by atoms with Gasteiger partial charge in [-0.05, 0) is 31.4 Å². The first-order valence-electron chi connectivity index (χ1n) is 10.2. The minimum Gasteiger partial charge on any atom is -0.367 e. The number of likely N-dealkylation sites (tertiary alicyclic amines) is 1. The van der Waals surface area contributed by atoms with Crippen molar-refractivity contribution in [3.63, 3.8) is 0 Å².